The number of amides is 2. The molecule has 2 heterocycles. The second-order valence-electron chi connectivity index (χ2n) is 12.4. The van der Waals surface area contributed by atoms with Crippen LogP contribution in [0.4, 0.5) is 5.69 Å². The Bertz CT molecular complexity index is 1310. The fraction of sp³-hybridized carbons (Fsp3) is 0.424. The van der Waals surface area contributed by atoms with Gasteiger partial charge < -0.3 is 15.4 Å². The minimum atomic E-state index is -0.721. The fourth-order valence-electron chi connectivity index (χ4n) is 5.70. The Morgan fingerprint density at radius 3 is 2.29 bits per heavy atom. The number of piperidine rings is 1. The molecule has 4 rings (SSSR count). The van der Waals surface area contributed by atoms with Gasteiger partial charge in [-0.15, -0.1) is 0 Å². The lowest BCUT2D eigenvalue weighted by Crippen LogP contribution is -2.63. The molecule has 4 N–H and O–H groups in total. The van der Waals surface area contributed by atoms with E-state index >= 15 is 0 Å². The second-order valence-corrected chi connectivity index (χ2v) is 12.4. The summed E-state index contributed by atoms with van der Waals surface area (Å²) in [7, 11) is 0. The Morgan fingerprint density at radius 1 is 0.927 bits per heavy atom. The molecule has 1 fully saturated rings. The van der Waals surface area contributed by atoms with Gasteiger partial charge in [-0.05, 0) is 82.2 Å². The van der Waals surface area contributed by atoms with Crippen LogP contribution in [0.25, 0.3) is 0 Å². The SMILES string of the molecule is Cc1cc[n+](CCOCc2ccc(Cc3ccccc3)c(NNC(=O)C(=O)NC3CC(C)(C)NC(C)(C)C3)c2)cc1. The van der Waals surface area contributed by atoms with Crippen molar-refractivity contribution in [3.8, 4) is 0 Å². The van der Waals surface area contributed by atoms with E-state index in [4.69, 9.17) is 4.74 Å². The molecule has 0 atom stereocenters. The third-order valence-electron chi connectivity index (χ3n) is 7.27. The first kappa shape index (κ1) is 30.2. The standard InChI is InChI=1S/C33H43N5O3/c1-24-13-15-38(16-14-24)17-18-41-23-26-11-12-27(19-25-9-7-6-8-10-25)29(20-26)35-36-31(40)30(39)34-28-21-32(2,3)37-33(4,5)22-28/h6-16,20,28,37H,17-19,21-23H2,1-5H3,(H2-,34,35,36,39,40)/p+1. The molecule has 0 saturated carbocycles. The van der Waals surface area contributed by atoms with Gasteiger partial charge in [-0.3, -0.25) is 20.4 Å². The van der Waals surface area contributed by atoms with E-state index in [1.54, 1.807) is 0 Å². The molecule has 41 heavy (non-hydrogen) atoms. The van der Waals surface area contributed by atoms with Crippen molar-refractivity contribution >= 4 is 17.5 Å². The quantitative estimate of drug-likeness (QED) is 0.131. The number of nitrogens with one attached hydrogen (secondary N) is 4. The van der Waals surface area contributed by atoms with E-state index in [-0.39, 0.29) is 17.1 Å². The molecule has 2 aromatic carbocycles. The maximum atomic E-state index is 12.8. The van der Waals surface area contributed by atoms with Crippen molar-refractivity contribution in [2.24, 2.45) is 0 Å². The average Bonchev–Trinajstić information content (AvgIpc) is 2.90. The summed E-state index contributed by atoms with van der Waals surface area (Å²) in [6.07, 6.45) is 6.26. The average molecular weight is 559 g/mol. The number of aryl methyl sites for hydroxylation is 1. The molecule has 0 aliphatic carbocycles. The van der Waals surface area contributed by atoms with E-state index < -0.39 is 11.8 Å². The maximum absolute atomic E-state index is 12.8. The predicted octanol–water partition coefficient (Wildman–Crippen LogP) is 3.96. The van der Waals surface area contributed by atoms with Gasteiger partial charge in [-0.1, -0.05) is 42.5 Å². The highest BCUT2D eigenvalue weighted by molar-refractivity contribution is 6.35. The summed E-state index contributed by atoms with van der Waals surface area (Å²) in [4.78, 5) is 25.6. The van der Waals surface area contributed by atoms with Crippen LogP contribution in [0.2, 0.25) is 0 Å². The first-order valence-electron chi connectivity index (χ1n) is 14.3. The van der Waals surface area contributed by atoms with Crippen LogP contribution in [-0.2, 0) is 33.9 Å². The van der Waals surface area contributed by atoms with Crippen molar-refractivity contribution in [1.82, 2.24) is 16.1 Å². The third kappa shape index (κ3) is 9.40. The smallest absolute Gasteiger partial charge is 0.327 e. The number of rotatable bonds is 10. The van der Waals surface area contributed by atoms with E-state index in [2.05, 4.69) is 84.9 Å². The second kappa shape index (κ2) is 13.3. The van der Waals surface area contributed by atoms with Gasteiger partial charge in [0, 0.05) is 29.3 Å². The molecule has 1 aliphatic rings. The lowest BCUT2D eigenvalue weighted by molar-refractivity contribution is -0.698. The number of hydrogen-bond donors (Lipinski definition) is 4. The lowest BCUT2D eigenvalue weighted by Gasteiger charge is -2.46. The minimum Gasteiger partial charge on any atom is -0.370 e. The number of pyridine rings is 1. The Balaban J connectivity index is 1.37. The van der Waals surface area contributed by atoms with Crippen LogP contribution in [0.5, 0.6) is 0 Å². The molecule has 8 heteroatoms. The Kier molecular flexibility index (Phi) is 9.78. The van der Waals surface area contributed by atoms with Crippen molar-refractivity contribution < 1.29 is 18.9 Å². The van der Waals surface area contributed by atoms with E-state index in [0.29, 0.717) is 19.6 Å². The van der Waals surface area contributed by atoms with Gasteiger partial charge in [0.1, 0.15) is 6.61 Å². The van der Waals surface area contributed by atoms with Gasteiger partial charge >= 0.3 is 11.8 Å². The highest BCUT2D eigenvalue weighted by Gasteiger charge is 2.38. The van der Waals surface area contributed by atoms with Crippen molar-refractivity contribution in [3.05, 3.63) is 95.3 Å². The first-order valence-corrected chi connectivity index (χ1v) is 14.3. The normalized spacial score (nSPS) is 16.1. The molecule has 218 valence electrons. The predicted molar refractivity (Wildman–Crippen MR) is 161 cm³/mol. The number of benzene rings is 2. The molecule has 0 bridgehead atoms. The number of anilines is 1. The zero-order chi connectivity index (χ0) is 29.5. The van der Waals surface area contributed by atoms with Crippen molar-refractivity contribution in [1.29, 1.82) is 0 Å². The molecule has 1 aliphatic heterocycles. The molecular weight excluding hydrogens is 514 g/mol. The Labute approximate surface area is 243 Å². The molecule has 8 nitrogen and oxygen atoms in total. The molecule has 1 saturated heterocycles. The zero-order valence-electron chi connectivity index (χ0n) is 24.9. The van der Waals surface area contributed by atoms with Gasteiger partial charge in [0.15, 0.2) is 18.9 Å². The summed E-state index contributed by atoms with van der Waals surface area (Å²) in [6.45, 7) is 12.3. The maximum Gasteiger partial charge on any atom is 0.327 e. The molecular formula is C33H44N5O3+. The van der Waals surface area contributed by atoms with Crippen LogP contribution in [0.1, 0.15) is 62.8 Å². The van der Waals surface area contributed by atoms with E-state index in [0.717, 1.165) is 41.8 Å². The molecule has 1 aromatic heterocycles. The van der Waals surface area contributed by atoms with E-state index in [1.807, 2.05) is 48.8 Å². The molecule has 0 unspecified atom stereocenters. The summed E-state index contributed by atoms with van der Waals surface area (Å²) in [5, 5.41) is 6.53. The van der Waals surface area contributed by atoms with Gasteiger partial charge in [0.25, 0.3) is 0 Å². The summed E-state index contributed by atoms with van der Waals surface area (Å²) in [5.41, 5.74) is 10.4. The number of ether oxygens (including phenoxy) is 1. The van der Waals surface area contributed by atoms with Crippen molar-refractivity contribution in [2.45, 2.75) is 84.2 Å². The summed E-state index contributed by atoms with van der Waals surface area (Å²) in [6, 6.07) is 20.2. The highest BCUT2D eigenvalue weighted by atomic mass is 16.5. The third-order valence-corrected chi connectivity index (χ3v) is 7.27. The van der Waals surface area contributed by atoms with Crippen LogP contribution in [0.3, 0.4) is 0 Å². The summed E-state index contributed by atoms with van der Waals surface area (Å²) in [5.74, 6) is -1.37. The molecule has 0 radical (unpaired) electrons. The largest absolute Gasteiger partial charge is 0.370 e. The van der Waals surface area contributed by atoms with Gasteiger partial charge in [-0.2, -0.15) is 0 Å². The van der Waals surface area contributed by atoms with E-state index in [1.165, 1.54) is 5.56 Å². The molecule has 2 amide bonds. The van der Waals surface area contributed by atoms with Crippen LogP contribution >= 0.6 is 0 Å². The van der Waals surface area contributed by atoms with Crippen LogP contribution in [-0.4, -0.2) is 35.5 Å². The number of carbonyl (C=O) groups excluding carboxylic acids is 2. The number of carbonyl (C=O) groups is 2. The number of aromatic nitrogens is 1. The fourth-order valence-corrected chi connectivity index (χ4v) is 5.70. The summed E-state index contributed by atoms with van der Waals surface area (Å²) >= 11 is 0. The minimum absolute atomic E-state index is 0.0910. The number of hydrogen-bond acceptors (Lipinski definition) is 5. The van der Waals surface area contributed by atoms with Crippen molar-refractivity contribution in [2.75, 3.05) is 12.0 Å². The monoisotopic (exact) mass is 558 g/mol. The van der Waals surface area contributed by atoms with Gasteiger partial charge in [-0.25, -0.2) is 4.57 Å². The Morgan fingerprint density at radius 2 is 1.61 bits per heavy atom. The lowest BCUT2D eigenvalue weighted by atomic mass is 9.79. The zero-order valence-corrected chi connectivity index (χ0v) is 24.9. The van der Waals surface area contributed by atoms with Gasteiger partial charge in [0.05, 0.1) is 12.3 Å². The topological polar surface area (TPSA) is 95.4 Å². The van der Waals surface area contributed by atoms with Crippen LogP contribution in [0.15, 0.2) is 73.1 Å². The summed E-state index contributed by atoms with van der Waals surface area (Å²) < 4.78 is 8.04. The number of hydrazine groups is 1. The Hall–Kier alpha value is -3.75. The van der Waals surface area contributed by atoms with Crippen LogP contribution in [0, 0.1) is 6.92 Å². The highest BCUT2D eigenvalue weighted by Crippen LogP contribution is 2.28. The van der Waals surface area contributed by atoms with Crippen molar-refractivity contribution in [3.63, 3.8) is 0 Å². The first-order chi connectivity index (χ1) is 19.5. The molecule has 0 spiro atoms. The van der Waals surface area contributed by atoms with E-state index in [9.17, 15) is 9.59 Å². The van der Waals surface area contributed by atoms with Crippen LogP contribution < -0.4 is 26.1 Å². The number of nitrogens with zero attached hydrogens (tertiary/aromatic N) is 1. The van der Waals surface area contributed by atoms with Gasteiger partial charge in [0.2, 0.25) is 0 Å². The molecule has 3 aromatic rings.